The summed E-state index contributed by atoms with van der Waals surface area (Å²) < 4.78 is 37.8. The van der Waals surface area contributed by atoms with E-state index in [1.54, 1.807) is 18.2 Å². The van der Waals surface area contributed by atoms with Crippen molar-refractivity contribution in [2.45, 2.75) is 24.3 Å². The zero-order valence-electron chi connectivity index (χ0n) is 15.4. The van der Waals surface area contributed by atoms with Crippen LogP contribution in [0.3, 0.4) is 0 Å². The van der Waals surface area contributed by atoms with Crippen molar-refractivity contribution >= 4 is 33.2 Å². The smallest absolute Gasteiger partial charge is 0.245 e. The van der Waals surface area contributed by atoms with E-state index in [-0.39, 0.29) is 4.90 Å². The summed E-state index contributed by atoms with van der Waals surface area (Å²) in [5.74, 6) is 0.417. The summed E-state index contributed by atoms with van der Waals surface area (Å²) in [6, 6.07) is 10.5. The Morgan fingerprint density at radius 1 is 1.00 bits per heavy atom. The quantitative estimate of drug-likeness (QED) is 0.728. The first kappa shape index (κ1) is 21.0. The molecule has 146 valence electrons. The second-order valence-corrected chi connectivity index (χ2v) is 8.33. The van der Waals surface area contributed by atoms with Gasteiger partial charge in [-0.2, -0.15) is 4.72 Å². The fraction of sp³-hybridized carbons (Fsp3) is 0.278. The molecule has 0 unspecified atom stereocenters. The predicted octanol–water partition coefficient (Wildman–Crippen LogP) is 3.05. The molecule has 0 saturated carbocycles. The van der Waals surface area contributed by atoms with Gasteiger partial charge in [0.25, 0.3) is 0 Å². The van der Waals surface area contributed by atoms with Gasteiger partial charge in [0.1, 0.15) is 5.54 Å². The van der Waals surface area contributed by atoms with Gasteiger partial charge in [-0.25, -0.2) is 8.42 Å². The van der Waals surface area contributed by atoms with Gasteiger partial charge in [0, 0.05) is 16.8 Å². The first-order valence-corrected chi connectivity index (χ1v) is 9.78. The van der Waals surface area contributed by atoms with Crippen LogP contribution in [-0.2, 0) is 14.8 Å². The van der Waals surface area contributed by atoms with Gasteiger partial charge in [-0.15, -0.1) is 0 Å². The van der Waals surface area contributed by atoms with E-state index >= 15 is 0 Å². The highest BCUT2D eigenvalue weighted by atomic mass is 35.5. The molecule has 0 heterocycles. The Morgan fingerprint density at radius 3 is 2.15 bits per heavy atom. The van der Waals surface area contributed by atoms with Crippen molar-refractivity contribution in [3.63, 3.8) is 0 Å². The normalized spacial score (nSPS) is 11.7. The number of nitrogens with one attached hydrogen (secondary N) is 2. The average molecular weight is 413 g/mol. The molecule has 1 amide bonds. The molecular formula is C18H21ClN2O5S. The molecule has 2 rings (SSSR count). The third-order valence-corrected chi connectivity index (χ3v) is 5.65. The van der Waals surface area contributed by atoms with Crippen LogP contribution >= 0.6 is 11.6 Å². The van der Waals surface area contributed by atoms with Crippen LogP contribution in [0.15, 0.2) is 47.4 Å². The van der Waals surface area contributed by atoms with Gasteiger partial charge in [0.2, 0.25) is 15.9 Å². The van der Waals surface area contributed by atoms with Gasteiger partial charge in [0.15, 0.2) is 11.5 Å². The lowest BCUT2D eigenvalue weighted by Crippen LogP contribution is -2.52. The maximum Gasteiger partial charge on any atom is 0.245 e. The standard InChI is InChI=1S/C18H21ClN2O5S/c1-18(2,21-27(23,24)14-8-5-12(19)6-9-14)17(22)20-13-7-10-15(25-3)16(11-13)26-4/h5-11,21H,1-4H3,(H,20,22). The van der Waals surface area contributed by atoms with Crippen LogP contribution in [0.5, 0.6) is 11.5 Å². The van der Waals surface area contributed by atoms with E-state index in [1.165, 1.54) is 52.3 Å². The van der Waals surface area contributed by atoms with Crippen LogP contribution in [0.1, 0.15) is 13.8 Å². The molecule has 2 aromatic rings. The Hall–Kier alpha value is -2.29. The van der Waals surface area contributed by atoms with Gasteiger partial charge < -0.3 is 14.8 Å². The highest BCUT2D eigenvalue weighted by Gasteiger charge is 2.33. The van der Waals surface area contributed by atoms with Crippen molar-refractivity contribution < 1.29 is 22.7 Å². The summed E-state index contributed by atoms with van der Waals surface area (Å²) in [6.07, 6.45) is 0. The molecule has 0 radical (unpaired) electrons. The number of carbonyl (C=O) groups excluding carboxylic acids is 1. The Labute approximate surface area is 163 Å². The maximum atomic E-state index is 12.6. The second kappa shape index (κ2) is 8.16. The number of carbonyl (C=O) groups is 1. The monoisotopic (exact) mass is 412 g/mol. The van der Waals surface area contributed by atoms with Crippen LogP contribution in [-0.4, -0.2) is 34.1 Å². The zero-order chi connectivity index (χ0) is 20.2. The van der Waals surface area contributed by atoms with Gasteiger partial charge in [0.05, 0.1) is 19.1 Å². The van der Waals surface area contributed by atoms with Crippen molar-refractivity contribution in [1.82, 2.24) is 4.72 Å². The van der Waals surface area contributed by atoms with E-state index < -0.39 is 21.5 Å². The first-order chi connectivity index (χ1) is 12.6. The van der Waals surface area contributed by atoms with E-state index in [9.17, 15) is 13.2 Å². The second-order valence-electron chi connectivity index (χ2n) is 6.21. The fourth-order valence-corrected chi connectivity index (χ4v) is 3.76. The number of methoxy groups -OCH3 is 2. The Balaban J connectivity index is 2.18. The van der Waals surface area contributed by atoms with Crippen LogP contribution < -0.4 is 19.5 Å². The molecule has 0 aromatic heterocycles. The number of halogens is 1. The minimum absolute atomic E-state index is 0.0129. The topological polar surface area (TPSA) is 93.7 Å². The van der Waals surface area contributed by atoms with Crippen molar-refractivity contribution in [2.24, 2.45) is 0 Å². The van der Waals surface area contributed by atoms with E-state index in [1.807, 2.05) is 0 Å². The van der Waals surface area contributed by atoms with E-state index in [4.69, 9.17) is 21.1 Å². The molecule has 7 nitrogen and oxygen atoms in total. The van der Waals surface area contributed by atoms with Crippen LogP contribution in [0.4, 0.5) is 5.69 Å². The van der Waals surface area contributed by atoms with Gasteiger partial charge in [-0.05, 0) is 50.2 Å². The summed E-state index contributed by atoms with van der Waals surface area (Å²) in [6.45, 7) is 2.94. The van der Waals surface area contributed by atoms with Crippen LogP contribution in [0.25, 0.3) is 0 Å². The summed E-state index contributed by atoms with van der Waals surface area (Å²) in [4.78, 5) is 12.6. The maximum absolute atomic E-state index is 12.6. The molecule has 2 N–H and O–H groups in total. The Bertz CT molecular complexity index is 927. The molecule has 0 saturated heterocycles. The molecule has 0 aliphatic rings. The zero-order valence-corrected chi connectivity index (χ0v) is 16.9. The highest BCUT2D eigenvalue weighted by Crippen LogP contribution is 2.30. The molecule has 0 bridgehead atoms. The lowest BCUT2D eigenvalue weighted by atomic mass is 10.1. The molecule has 0 aliphatic carbocycles. The number of sulfonamides is 1. The summed E-state index contributed by atoms with van der Waals surface area (Å²) in [5, 5.41) is 3.08. The van der Waals surface area contributed by atoms with E-state index in [0.29, 0.717) is 22.2 Å². The molecule has 2 aromatic carbocycles. The number of hydrogen-bond acceptors (Lipinski definition) is 5. The largest absolute Gasteiger partial charge is 0.493 e. The number of ether oxygens (including phenoxy) is 2. The first-order valence-electron chi connectivity index (χ1n) is 7.92. The van der Waals surface area contributed by atoms with E-state index in [0.717, 1.165) is 0 Å². The fourth-order valence-electron chi connectivity index (χ4n) is 2.26. The molecule has 0 spiro atoms. The molecule has 0 aliphatic heterocycles. The van der Waals surface area contributed by atoms with Gasteiger partial charge in [-0.1, -0.05) is 11.6 Å². The number of amides is 1. The number of rotatable bonds is 7. The highest BCUT2D eigenvalue weighted by molar-refractivity contribution is 7.89. The third kappa shape index (κ3) is 5.12. The SMILES string of the molecule is COc1ccc(NC(=O)C(C)(C)NS(=O)(=O)c2ccc(Cl)cc2)cc1OC. The van der Waals surface area contributed by atoms with Gasteiger partial charge in [-0.3, -0.25) is 4.79 Å². The van der Waals surface area contributed by atoms with E-state index in [2.05, 4.69) is 10.0 Å². The molecule has 0 fully saturated rings. The minimum Gasteiger partial charge on any atom is -0.493 e. The van der Waals surface area contributed by atoms with Crippen molar-refractivity contribution in [3.05, 3.63) is 47.5 Å². The number of anilines is 1. The lowest BCUT2D eigenvalue weighted by Gasteiger charge is -2.25. The minimum atomic E-state index is -3.91. The molecular weight excluding hydrogens is 392 g/mol. The average Bonchev–Trinajstić information content (AvgIpc) is 2.61. The summed E-state index contributed by atoms with van der Waals surface area (Å²) >= 11 is 5.78. The van der Waals surface area contributed by atoms with Crippen LogP contribution in [0.2, 0.25) is 5.02 Å². The Kier molecular flexibility index (Phi) is 6.35. The van der Waals surface area contributed by atoms with Crippen molar-refractivity contribution in [2.75, 3.05) is 19.5 Å². The molecule has 9 heteroatoms. The summed E-state index contributed by atoms with van der Waals surface area (Å²) in [7, 11) is -0.925. The molecule has 0 atom stereocenters. The number of benzene rings is 2. The van der Waals surface area contributed by atoms with Crippen molar-refractivity contribution in [1.29, 1.82) is 0 Å². The van der Waals surface area contributed by atoms with Crippen molar-refractivity contribution in [3.8, 4) is 11.5 Å². The van der Waals surface area contributed by atoms with Crippen LogP contribution in [0, 0.1) is 0 Å². The van der Waals surface area contributed by atoms with Gasteiger partial charge >= 0.3 is 0 Å². The lowest BCUT2D eigenvalue weighted by molar-refractivity contribution is -0.120. The third-order valence-electron chi connectivity index (χ3n) is 3.72. The number of hydrogen-bond donors (Lipinski definition) is 2. The summed E-state index contributed by atoms with van der Waals surface area (Å²) in [5.41, 5.74) is -0.970. The molecule has 27 heavy (non-hydrogen) atoms. The predicted molar refractivity (Wildman–Crippen MR) is 104 cm³/mol. The Morgan fingerprint density at radius 2 is 1.59 bits per heavy atom.